The highest BCUT2D eigenvalue weighted by atomic mass is 32.1. The fraction of sp³-hybridized carbons (Fsp3) is 0.250. The molecule has 4 rings (SSSR count). The van der Waals surface area contributed by atoms with Gasteiger partial charge in [0.15, 0.2) is 0 Å². The number of halogens is 1. The molecule has 1 aliphatic heterocycles. The lowest BCUT2D eigenvalue weighted by Crippen LogP contribution is -2.31. The van der Waals surface area contributed by atoms with Crippen LogP contribution in [0.5, 0.6) is 0 Å². The van der Waals surface area contributed by atoms with Gasteiger partial charge in [0.05, 0.1) is 12.3 Å². The van der Waals surface area contributed by atoms with Crippen LogP contribution in [0.4, 0.5) is 4.39 Å². The Balaban J connectivity index is 1.57. The Hall–Kier alpha value is -3.00. The third-order valence-corrected chi connectivity index (χ3v) is 5.68. The Morgan fingerprint density at radius 3 is 2.96 bits per heavy atom. The van der Waals surface area contributed by atoms with Crippen LogP contribution in [-0.4, -0.2) is 28.2 Å². The Kier molecular flexibility index (Phi) is 4.95. The van der Waals surface area contributed by atoms with Crippen LogP contribution in [0.3, 0.4) is 0 Å². The third-order valence-electron chi connectivity index (χ3n) is 4.78. The number of benzene rings is 1. The second-order valence-electron chi connectivity index (χ2n) is 6.65. The van der Waals surface area contributed by atoms with Crippen LogP contribution in [-0.2, 0) is 11.3 Å². The fourth-order valence-corrected chi connectivity index (χ4v) is 4.11. The van der Waals surface area contributed by atoms with Crippen LogP contribution < -0.4 is 5.32 Å². The summed E-state index contributed by atoms with van der Waals surface area (Å²) in [5, 5.41) is 5.39. The van der Waals surface area contributed by atoms with E-state index >= 15 is 0 Å². The summed E-state index contributed by atoms with van der Waals surface area (Å²) < 4.78 is 18.8. The van der Waals surface area contributed by atoms with E-state index in [9.17, 15) is 14.0 Å². The number of carbonyl (C=O) groups is 2. The van der Waals surface area contributed by atoms with Gasteiger partial charge in [0, 0.05) is 31.0 Å². The maximum atomic E-state index is 13.7. The first kappa shape index (κ1) is 18.4. The van der Waals surface area contributed by atoms with Crippen LogP contribution in [0, 0.1) is 5.82 Å². The molecule has 28 heavy (non-hydrogen) atoms. The van der Waals surface area contributed by atoms with Gasteiger partial charge >= 0.3 is 0 Å². The molecule has 2 aromatic heterocycles. The topological polar surface area (TPSA) is 75.4 Å². The van der Waals surface area contributed by atoms with E-state index in [2.05, 4.69) is 10.3 Å². The molecule has 0 radical (unpaired) electrons. The Labute approximate surface area is 165 Å². The standard InChI is InChI=1S/C20H18FN3O3S/c1-12(25)24-6-4-17(16-3-2-15(21)8-14(16)9-24)22-19(26)18-11-28-20(23-18)13-5-7-27-10-13/h2-3,5,7-8,10-11,17H,4,6,9H2,1H3,(H,22,26). The van der Waals surface area contributed by atoms with Gasteiger partial charge in [-0.15, -0.1) is 11.3 Å². The van der Waals surface area contributed by atoms with Gasteiger partial charge in [0.1, 0.15) is 22.8 Å². The zero-order valence-electron chi connectivity index (χ0n) is 15.1. The number of aromatic nitrogens is 1. The summed E-state index contributed by atoms with van der Waals surface area (Å²) in [5.74, 6) is -0.743. The Morgan fingerprint density at radius 1 is 1.36 bits per heavy atom. The lowest BCUT2D eigenvalue weighted by atomic mass is 9.99. The van der Waals surface area contributed by atoms with Gasteiger partial charge < -0.3 is 14.6 Å². The quantitative estimate of drug-likeness (QED) is 0.728. The lowest BCUT2D eigenvalue weighted by molar-refractivity contribution is -0.129. The van der Waals surface area contributed by atoms with Gasteiger partial charge in [-0.05, 0) is 35.7 Å². The van der Waals surface area contributed by atoms with Crippen molar-refractivity contribution in [2.45, 2.75) is 25.9 Å². The van der Waals surface area contributed by atoms with E-state index in [0.717, 1.165) is 11.1 Å². The minimum Gasteiger partial charge on any atom is -0.472 e. The van der Waals surface area contributed by atoms with Crippen molar-refractivity contribution in [3.05, 3.63) is 64.8 Å². The minimum absolute atomic E-state index is 0.0774. The molecule has 0 fully saturated rings. The molecule has 0 bridgehead atoms. The molecule has 3 heterocycles. The smallest absolute Gasteiger partial charge is 0.271 e. The fourth-order valence-electron chi connectivity index (χ4n) is 3.32. The number of fused-ring (bicyclic) bond motifs is 1. The number of thiazole rings is 1. The van der Waals surface area contributed by atoms with Crippen molar-refractivity contribution in [3.8, 4) is 10.6 Å². The highest BCUT2D eigenvalue weighted by Crippen LogP contribution is 2.29. The number of nitrogens with zero attached hydrogens (tertiary/aromatic N) is 2. The minimum atomic E-state index is -0.363. The summed E-state index contributed by atoms with van der Waals surface area (Å²) in [4.78, 5) is 30.6. The molecule has 1 atom stereocenters. The predicted molar refractivity (Wildman–Crippen MR) is 102 cm³/mol. The highest BCUT2D eigenvalue weighted by molar-refractivity contribution is 7.13. The van der Waals surface area contributed by atoms with Crippen LogP contribution in [0.25, 0.3) is 10.6 Å². The zero-order valence-corrected chi connectivity index (χ0v) is 16.0. The van der Waals surface area contributed by atoms with Crippen LogP contribution in [0.15, 0.2) is 46.6 Å². The zero-order chi connectivity index (χ0) is 19.7. The van der Waals surface area contributed by atoms with E-state index in [1.54, 1.807) is 34.9 Å². The first-order valence-electron chi connectivity index (χ1n) is 8.84. The molecular weight excluding hydrogens is 381 g/mol. The van der Waals surface area contributed by atoms with Gasteiger partial charge in [0.25, 0.3) is 5.91 Å². The summed E-state index contributed by atoms with van der Waals surface area (Å²) in [5.41, 5.74) is 2.66. The predicted octanol–water partition coefficient (Wildman–Crippen LogP) is 3.77. The molecule has 3 aromatic rings. The van der Waals surface area contributed by atoms with Crippen LogP contribution >= 0.6 is 11.3 Å². The second-order valence-corrected chi connectivity index (χ2v) is 7.51. The van der Waals surface area contributed by atoms with E-state index in [1.165, 1.54) is 30.4 Å². The second kappa shape index (κ2) is 7.55. The number of hydrogen-bond acceptors (Lipinski definition) is 5. The average Bonchev–Trinajstić information content (AvgIpc) is 3.32. The van der Waals surface area contributed by atoms with Crippen molar-refractivity contribution in [3.63, 3.8) is 0 Å². The number of carbonyl (C=O) groups excluding carboxylic acids is 2. The molecule has 1 N–H and O–H groups in total. The van der Waals surface area contributed by atoms with Crippen molar-refractivity contribution in [1.29, 1.82) is 0 Å². The van der Waals surface area contributed by atoms with Crippen molar-refractivity contribution < 1.29 is 18.4 Å². The number of amides is 2. The number of nitrogens with one attached hydrogen (secondary N) is 1. The van der Waals surface area contributed by atoms with Crippen molar-refractivity contribution >= 4 is 23.2 Å². The molecule has 0 saturated heterocycles. The van der Waals surface area contributed by atoms with Gasteiger partial charge in [-0.2, -0.15) is 0 Å². The average molecular weight is 399 g/mol. The van der Waals surface area contributed by atoms with Gasteiger partial charge in [0.2, 0.25) is 5.91 Å². The maximum Gasteiger partial charge on any atom is 0.271 e. The van der Waals surface area contributed by atoms with Gasteiger partial charge in [-0.3, -0.25) is 9.59 Å². The summed E-state index contributed by atoms with van der Waals surface area (Å²) in [6.07, 6.45) is 3.68. The van der Waals surface area contributed by atoms with Gasteiger partial charge in [-0.1, -0.05) is 6.07 Å². The SMILES string of the molecule is CC(=O)N1CCC(NC(=O)c2csc(-c3ccoc3)n2)c2ccc(F)cc2C1. The normalized spacial score (nSPS) is 16.4. The van der Waals surface area contributed by atoms with Crippen LogP contribution in [0.2, 0.25) is 0 Å². The summed E-state index contributed by atoms with van der Waals surface area (Å²) in [6.45, 7) is 2.30. The molecule has 0 spiro atoms. The first-order valence-corrected chi connectivity index (χ1v) is 9.72. The van der Waals surface area contributed by atoms with E-state index < -0.39 is 0 Å². The van der Waals surface area contributed by atoms with Crippen molar-refractivity contribution in [1.82, 2.24) is 15.2 Å². The third kappa shape index (κ3) is 3.68. The van der Waals surface area contributed by atoms with E-state index in [1.807, 2.05) is 0 Å². The van der Waals surface area contributed by atoms with E-state index in [-0.39, 0.29) is 23.7 Å². The summed E-state index contributed by atoms with van der Waals surface area (Å²) in [7, 11) is 0. The molecule has 1 aliphatic rings. The van der Waals surface area contributed by atoms with Crippen molar-refractivity contribution in [2.24, 2.45) is 0 Å². The number of hydrogen-bond donors (Lipinski definition) is 1. The maximum absolute atomic E-state index is 13.7. The molecule has 0 saturated carbocycles. The number of rotatable bonds is 3. The molecule has 2 amide bonds. The van der Waals surface area contributed by atoms with Crippen LogP contribution in [0.1, 0.15) is 41.0 Å². The Morgan fingerprint density at radius 2 is 2.21 bits per heavy atom. The largest absolute Gasteiger partial charge is 0.472 e. The molecule has 1 aromatic carbocycles. The molecule has 144 valence electrons. The highest BCUT2D eigenvalue weighted by Gasteiger charge is 2.26. The summed E-state index contributed by atoms with van der Waals surface area (Å²) >= 11 is 1.36. The monoisotopic (exact) mass is 399 g/mol. The van der Waals surface area contributed by atoms with E-state index in [4.69, 9.17) is 4.42 Å². The molecule has 0 aliphatic carbocycles. The molecule has 1 unspecified atom stereocenters. The first-order chi connectivity index (χ1) is 13.5. The molecule has 6 nitrogen and oxygen atoms in total. The lowest BCUT2D eigenvalue weighted by Gasteiger charge is -2.19. The Bertz CT molecular complexity index is 1020. The van der Waals surface area contributed by atoms with Crippen molar-refractivity contribution in [2.75, 3.05) is 6.54 Å². The van der Waals surface area contributed by atoms with Gasteiger partial charge in [-0.25, -0.2) is 9.37 Å². The summed E-state index contributed by atoms with van der Waals surface area (Å²) in [6, 6.07) is 5.94. The van der Waals surface area contributed by atoms with E-state index in [0.29, 0.717) is 35.8 Å². The number of furan rings is 1. The molecule has 8 heteroatoms. The molecular formula is C20H18FN3O3S.